The Kier molecular flexibility index (Phi) is 6.39. The summed E-state index contributed by atoms with van der Waals surface area (Å²) in [7, 11) is 0. The molecule has 0 aliphatic carbocycles. The van der Waals surface area contributed by atoms with Gasteiger partial charge in [0.25, 0.3) is 0 Å². The van der Waals surface area contributed by atoms with Crippen LogP contribution >= 0.6 is 0 Å². The van der Waals surface area contributed by atoms with Crippen LogP contribution in [0.3, 0.4) is 0 Å². The van der Waals surface area contributed by atoms with E-state index in [-0.39, 0.29) is 30.9 Å². The number of anilines is 1. The molecule has 1 amide bonds. The number of rotatable bonds is 5. The Morgan fingerprint density at radius 3 is 2.54 bits per heavy atom. The second kappa shape index (κ2) is 8.08. The van der Waals surface area contributed by atoms with Crippen molar-refractivity contribution in [3.05, 3.63) is 23.9 Å². The molecule has 0 saturated carbocycles. The number of hydrogen-bond donors (Lipinski definition) is 3. The van der Waals surface area contributed by atoms with E-state index in [2.05, 4.69) is 15.7 Å². The molecule has 1 aromatic heterocycles. The molecule has 0 bridgehead atoms. The van der Waals surface area contributed by atoms with Gasteiger partial charge in [0, 0.05) is 19.3 Å². The van der Waals surface area contributed by atoms with Gasteiger partial charge in [0.05, 0.1) is 5.54 Å². The van der Waals surface area contributed by atoms with Crippen molar-refractivity contribution in [2.24, 2.45) is 5.84 Å². The lowest BCUT2D eigenvalue weighted by molar-refractivity contribution is -0.184. The predicted octanol–water partition coefficient (Wildman–Crippen LogP) is 2.91. The molecule has 1 aromatic rings. The summed E-state index contributed by atoms with van der Waals surface area (Å²) >= 11 is 0. The monoisotopic (exact) mass is 407 g/mol. The van der Waals surface area contributed by atoms with E-state index in [0.29, 0.717) is 0 Å². The number of alkyl halides is 4. The summed E-state index contributed by atoms with van der Waals surface area (Å²) in [5, 5.41) is 2.42. The maximum absolute atomic E-state index is 13.8. The molecule has 1 unspecified atom stereocenters. The van der Waals surface area contributed by atoms with Gasteiger partial charge in [-0.15, -0.1) is 0 Å². The SMILES string of the molecule is CC(C)(C)OC(=O)NC1(CF)CCN([C@H](c2ccc(NN)nc2)C(F)(F)F)C1. The summed E-state index contributed by atoms with van der Waals surface area (Å²) in [6.45, 7) is 3.54. The Hall–Kier alpha value is -2.14. The summed E-state index contributed by atoms with van der Waals surface area (Å²) in [4.78, 5) is 16.9. The summed E-state index contributed by atoms with van der Waals surface area (Å²) in [6, 6.07) is 0.600. The van der Waals surface area contributed by atoms with Gasteiger partial charge in [0.15, 0.2) is 0 Å². The summed E-state index contributed by atoms with van der Waals surface area (Å²) in [5.74, 6) is 5.41. The number of amides is 1. The number of nitrogens with one attached hydrogen (secondary N) is 2. The van der Waals surface area contributed by atoms with Crippen molar-refractivity contribution < 1.29 is 27.1 Å². The first-order valence-electron chi connectivity index (χ1n) is 8.70. The number of halogens is 4. The second-order valence-corrected chi connectivity index (χ2v) is 7.83. The van der Waals surface area contributed by atoms with E-state index in [4.69, 9.17) is 10.6 Å². The molecular formula is C17H25F4N5O2. The molecule has 2 rings (SSSR count). The predicted molar refractivity (Wildman–Crippen MR) is 95.1 cm³/mol. The molecule has 2 atom stereocenters. The first-order chi connectivity index (χ1) is 12.9. The van der Waals surface area contributed by atoms with Crippen LogP contribution in [0.4, 0.5) is 28.2 Å². The molecule has 0 spiro atoms. The largest absolute Gasteiger partial charge is 0.444 e. The number of nitrogens with two attached hydrogens (primary N) is 1. The number of hydrogen-bond acceptors (Lipinski definition) is 6. The fourth-order valence-corrected chi connectivity index (χ4v) is 3.15. The van der Waals surface area contributed by atoms with Crippen molar-refractivity contribution in [2.45, 2.75) is 50.6 Å². The number of likely N-dealkylation sites (tertiary alicyclic amines) is 1. The highest BCUT2D eigenvalue weighted by Crippen LogP contribution is 2.41. The quantitative estimate of drug-likeness (QED) is 0.395. The summed E-state index contributed by atoms with van der Waals surface area (Å²) < 4.78 is 60.2. The number of nitrogens with zero attached hydrogens (tertiary/aromatic N) is 2. The second-order valence-electron chi connectivity index (χ2n) is 7.83. The molecular weight excluding hydrogens is 382 g/mol. The molecule has 1 aliphatic rings. The normalized spacial score (nSPS) is 22.0. The van der Waals surface area contributed by atoms with Crippen LogP contribution < -0.4 is 16.6 Å². The van der Waals surface area contributed by atoms with Crippen LogP contribution in [0.5, 0.6) is 0 Å². The van der Waals surface area contributed by atoms with E-state index in [0.717, 1.165) is 11.1 Å². The third-order valence-electron chi connectivity index (χ3n) is 4.33. The van der Waals surface area contributed by atoms with E-state index in [1.54, 1.807) is 20.8 Å². The van der Waals surface area contributed by atoms with Gasteiger partial charge in [-0.25, -0.2) is 20.0 Å². The first-order valence-corrected chi connectivity index (χ1v) is 8.70. The minimum atomic E-state index is -4.61. The highest BCUT2D eigenvalue weighted by molar-refractivity contribution is 5.69. The third-order valence-corrected chi connectivity index (χ3v) is 4.33. The average Bonchev–Trinajstić information content (AvgIpc) is 2.96. The number of pyridine rings is 1. The molecule has 2 heterocycles. The maximum Gasteiger partial charge on any atom is 0.408 e. The highest BCUT2D eigenvalue weighted by Gasteiger charge is 2.51. The smallest absolute Gasteiger partial charge is 0.408 e. The number of nitrogen functional groups attached to an aromatic ring is 1. The molecule has 1 aliphatic heterocycles. The van der Waals surface area contributed by atoms with Crippen LogP contribution in [0.1, 0.15) is 38.8 Å². The average molecular weight is 407 g/mol. The molecule has 0 aromatic carbocycles. The number of alkyl carbamates (subject to hydrolysis) is 1. The molecule has 0 radical (unpaired) electrons. The van der Waals surface area contributed by atoms with E-state index >= 15 is 0 Å². The number of aromatic nitrogens is 1. The number of carbonyl (C=O) groups is 1. The van der Waals surface area contributed by atoms with Gasteiger partial charge in [-0.2, -0.15) is 13.2 Å². The fourth-order valence-electron chi connectivity index (χ4n) is 3.15. The Balaban J connectivity index is 2.21. The molecule has 28 heavy (non-hydrogen) atoms. The lowest BCUT2D eigenvalue weighted by Crippen LogP contribution is -2.54. The van der Waals surface area contributed by atoms with Gasteiger partial charge in [-0.3, -0.25) is 4.90 Å². The number of carbonyl (C=O) groups excluding carboxylic acids is 1. The fraction of sp³-hybridized carbons (Fsp3) is 0.647. The van der Waals surface area contributed by atoms with Crippen LogP contribution in [0, 0.1) is 0 Å². The van der Waals surface area contributed by atoms with Crippen molar-refractivity contribution in [1.29, 1.82) is 0 Å². The van der Waals surface area contributed by atoms with Crippen molar-refractivity contribution in [3.8, 4) is 0 Å². The number of hydrazine groups is 1. The highest BCUT2D eigenvalue weighted by atomic mass is 19.4. The molecule has 1 saturated heterocycles. The van der Waals surface area contributed by atoms with Gasteiger partial charge < -0.3 is 15.5 Å². The topological polar surface area (TPSA) is 92.5 Å². The van der Waals surface area contributed by atoms with Crippen LogP contribution in [-0.2, 0) is 4.74 Å². The standard InChI is InChI=1S/C17H25F4N5O2/c1-15(2,3)28-14(27)24-16(9-18)6-7-26(10-16)13(17(19,20)21)11-4-5-12(25-22)23-8-11/h4-5,8,13H,6-7,9-10,22H2,1-3H3,(H,23,25)(H,24,27)/t13-,16?/m1/s1. The molecule has 7 nitrogen and oxygen atoms in total. The molecule has 158 valence electrons. The van der Waals surface area contributed by atoms with Crippen LogP contribution in [0.15, 0.2) is 18.3 Å². The van der Waals surface area contributed by atoms with Gasteiger partial charge in [0.1, 0.15) is 24.1 Å². The van der Waals surface area contributed by atoms with Gasteiger partial charge in [0.2, 0.25) is 0 Å². The lowest BCUT2D eigenvalue weighted by atomic mass is 10.0. The van der Waals surface area contributed by atoms with Gasteiger partial charge >= 0.3 is 12.3 Å². The van der Waals surface area contributed by atoms with Crippen molar-refractivity contribution >= 4 is 11.9 Å². The van der Waals surface area contributed by atoms with E-state index < -0.39 is 36.1 Å². The van der Waals surface area contributed by atoms with E-state index in [1.165, 1.54) is 12.1 Å². The summed E-state index contributed by atoms with van der Waals surface area (Å²) in [6.07, 6.45) is -4.39. The zero-order valence-electron chi connectivity index (χ0n) is 15.9. The minimum Gasteiger partial charge on any atom is -0.444 e. The number of ether oxygens (including phenoxy) is 1. The zero-order chi connectivity index (χ0) is 21.2. The Labute approximate surface area is 160 Å². The van der Waals surface area contributed by atoms with E-state index in [1.807, 2.05) is 0 Å². The zero-order valence-corrected chi connectivity index (χ0v) is 15.9. The van der Waals surface area contributed by atoms with Crippen LogP contribution in [-0.4, -0.2) is 53.1 Å². The Morgan fingerprint density at radius 2 is 2.07 bits per heavy atom. The van der Waals surface area contributed by atoms with Crippen molar-refractivity contribution in [2.75, 3.05) is 25.2 Å². The Morgan fingerprint density at radius 1 is 1.39 bits per heavy atom. The maximum atomic E-state index is 13.8. The Bertz CT molecular complexity index is 678. The first kappa shape index (κ1) is 22.2. The minimum absolute atomic E-state index is 0.0190. The van der Waals surface area contributed by atoms with Gasteiger partial charge in [-0.05, 0) is 38.8 Å². The van der Waals surface area contributed by atoms with Crippen molar-refractivity contribution in [3.63, 3.8) is 0 Å². The molecule has 4 N–H and O–H groups in total. The van der Waals surface area contributed by atoms with Crippen LogP contribution in [0.25, 0.3) is 0 Å². The molecule has 1 fully saturated rings. The van der Waals surface area contributed by atoms with Crippen LogP contribution in [0.2, 0.25) is 0 Å². The lowest BCUT2D eigenvalue weighted by Gasteiger charge is -2.33. The van der Waals surface area contributed by atoms with Crippen molar-refractivity contribution in [1.82, 2.24) is 15.2 Å². The third kappa shape index (κ3) is 5.44. The van der Waals surface area contributed by atoms with Gasteiger partial charge in [-0.1, -0.05) is 6.07 Å². The summed E-state index contributed by atoms with van der Waals surface area (Å²) in [5.41, 5.74) is -0.105. The molecule has 11 heteroatoms. The van der Waals surface area contributed by atoms with E-state index in [9.17, 15) is 22.4 Å².